The maximum atomic E-state index is 12.6. The van der Waals surface area contributed by atoms with Crippen LogP contribution >= 0.6 is 11.6 Å². The number of halogens is 2. The van der Waals surface area contributed by atoms with E-state index in [2.05, 4.69) is 4.98 Å². The Balaban J connectivity index is 0.00000200. The first-order chi connectivity index (χ1) is 9.10. The van der Waals surface area contributed by atoms with Crippen molar-refractivity contribution in [2.45, 2.75) is 20.9 Å². The van der Waals surface area contributed by atoms with E-state index in [0.717, 1.165) is 11.3 Å². The van der Waals surface area contributed by atoms with Crippen LogP contribution < -0.4 is 0 Å². The lowest BCUT2D eigenvalue weighted by Gasteiger charge is -2.23. The van der Waals surface area contributed by atoms with Gasteiger partial charge in [-0.2, -0.15) is 0 Å². The van der Waals surface area contributed by atoms with E-state index < -0.39 is 6.67 Å². The molecule has 1 aromatic rings. The maximum Gasteiger partial charge on any atom is 0.333 e. The van der Waals surface area contributed by atoms with Gasteiger partial charge >= 0.3 is 5.97 Å². The number of hydrogen-bond donors (Lipinski definition) is 0. The number of cyclic esters (lactones) is 1. The van der Waals surface area contributed by atoms with Gasteiger partial charge in [-0.25, -0.2) is 9.18 Å². The Labute approximate surface area is 123 Å². The Morgan fingerprint density at radius 3 is 2.85 bits per heavy atom. The van der Waals surface area contributed by atoms with Gasteiger partial charge in [-0.1, -0.05) is 19.0 Å². The van der Waals surface area contributed by atoms with Crippen molar-refractivity contribution in [3.8, 4) is 0 Å². The number of alkyl halides is 1. The topological polar surface area (TPSA) is 42.4 Å². The van der Waals surface area contributed by atoms with Crippen LogP contribution in [0.25, 0.3) is 0 Å². The van der Waals surface area contributed by atoms with Gasteiger partial charge in [0, 0.05) is 25.4 Å². The molecular formula is C14H18ClFN2O2. The number of esters is 1. The Hall–Kier alpha value is -1.62. The first-order valence-corrected chi connectivity index (χ1v) is 6.27. The predicted molar refractivity (Wildman–Crippen MR) is 76.1 cm³/mol. The molecule has 2 heterocycles. The van der Waals surface area contributed by atoms with Crippen molar-refractivity contribution in [3.63, 3.8) is 0 Å². The largest absolute Gasteiger partial charge is 0.456 e. The van der Waals surface area contributed by atoms with Gasteiger partial charge in [0.05, 0.1) is 16.4 Å². The fraction of sp³-hybridized carbons (Fsp3) is 0.429. The number of hydrogen-bond acceptors (Lipinski definition) is 4. The lowest BCUT2D eigenvalue weighted by atomic mass is 10.2. The fourth-order valence-electron chi connectivity index (χ4n) is 1.83. The van der Waals surface area contributed by atoms with Gasteiger partial charge in [0.1, 0.15) is 13.3 Å². The highest BCUT2D eigenvalue weighted by molar-refractivity contribution is 6.31. The minimum atomic E-state index is -0.501. The third-order valence-electron chi connectivity index (χ3n) is 2.86. The van der Waals surface area contributed by atoms with Crippen molar-refractivity contribution in [2.24, 2.45) is 0 Å². The van der Waals surface area contributed by atoms with Gasteiger partial charge in [-0.05, 0) is 18.6 Å². The Morgan fingerprint density at radius 1 is 1.55 bits per heavy atom. The summed E-state index contributed by atoms with van der Waals surface area (Å²) in [7, 11) is 0. The van der Waals surface area contributed by atoms with Crippen molar-refractivity contribution in [1.29, 1.82) is 0 Å². The number of carbonyl (C=O) groups is 1. The average molecular weight is 301 g/mol. The minimum absolute atomic E-state index is 0. The lowest BCUT2D eigenvalue weighted by molar-refractivity contribution is -0.135. The van der Waals surface area contributed by atoms with E-state index in [9.17, 15) is 9.18 Å². The summed E-state index contributed by atoms with van der Waals surface area (Å²) in [6, 6.07) is 1.80. The van der Waals surface area contributed by atoms with E-state index in [1.807, 2.05) is 6.92 Å². The number of aryl methyl sites for hydroxylation is 1. The smallest absolute Gasteiger partial charge is 0.333 e. The Kier molecular flexibility index (Phi) is 5.95. The molecule has 2 rings (SSSR count). The van der Waals surface area contributed by atoms with Gasteiger partial charge in [-0.3, -0.25) is 4.98 Å². The standard InChI is InChI=1S/C13H14ClFN2O2.CH4/c1-9-12(14)4-10(6-16-9)7-17(3-2-15)11-5-13(18)19-8-11;/h4-6H,2-3,7-8H2,1H3;1H4. The van der Waals surface area contributed by atoms with Crippen LogP contribution in [0, 0.1) is 6.92 Å². The van der Waals surface area contributed by atoms with Gasteiger partial charge in [0.15, 0.2) is 0 Å². The highest BCUT2D eigenvalue weighted by Crippen LogP contribution is 2.19. The molecule has 1 aliphatic heterocycles. The monoisotopic (exact) mass is 300 g/mol. The molecule has 0 saturated heterocycles. The van der Waals surface area contributed by atoms with Crippen LogP contribution in [0.5, 0.6) is 0 Å². The second-order valence-electron chi connectivity index (χ2n) is 4.26. The first kappa shape index (κ1) is 16.4. The molecule has 0 saturated carbocycles. The van der Waals surface area contributed by atoms with E-state index in [4.69, 9.17) is 16.3 Å². The maximum absolute atomic E-state index is 12.6. The van der Waals surface area contributed by atoms with Crippen molar-refractivity contribution in [2.75, 3.05) is 19.8 Å². The van der Waals surface area contributed by atoms with Crippen molar-refractivity contribution in [1.82, 2.24) is 9.88 Å². The molecule has 20 heavy (non-hydrogen) atoms. The molecule has 1 aliphatic rings. The molecule has 0 amide bonds. The molecule has 0 N–H and O–H groups in total. The van der Waals surface area contributed by atoms with E-state index in [0.29, 0.717) is 17.3 Å². The number of aromatic nitrogens is 1. The zero-order chi connectivity index (χ0) is 13.8. The van der Waals surface area contributed by atoms with Crippen LogP contribution in [-0.2, 0) is 16.1 Å². The zero-order valence-electron chi connectivity index (χ0n) is 10.5. The van der Waals surface area contributed by atoms with Crippen LogP contribution in [-0.4, -0.2) is 35.7 Å². The van der Waals surface area contributed by atoms with Crippen molar-refractivity contribution < 1.29 is 13.9 Å². The minimum Gasteiger partial charge on any atom is -0.456 e. The van der Waals surface area contributed by atoms with Crippen LogP contribution in [0.4, 0.5) is 4.39 Å². The molecule has 6 heteroatoms. The summed E-state index contributed by atoms with van der Waals surface area (Å²) in [5.41, 5.74) is 2.30. The Morgan fingerprint density at radius 2 is 2.30 bits per heavy atom. The Bertz CT molecular complexity index is 520. The highest BCUT2D eigenvalue weighted by Gasteiger charge is 2.19. The lowest BCUT2D eigenvalue weighted by Crippen LogP contribution is -2.26. The SMILES string of the molecule is C.Cc1ncc(CN(CCF)C2=CC(=O)OC2)cc1Cl. The molecule has 1 aromatic heterocycles. The summed E-state index contributed by atoms with van der Waals surface area (Å²) in [6.07, 6.45) is 3.09. The summed E-state index contributed by atoms with van der Waals surface area (Å²) in [5, 5.41) is 0.574. The summed E-state index contributed by atoms with van der Waals surface area (Å²) in [6.45, 7) is 2.15. The normalized spacial score (nSPS) is 13.6. The molecule has 0 aromatic carbocycles. The molecule has 0 aliphatic carbocycles. The van der Waals surface area contributed by atoms with Crippen molar-refractivity contribution in [3.05, 3.63) is 40.3 Å². The predicted octanol–water partition coefficient (Wildman–Crippen LogP) is 2.89. The second kappa shape index (κ2) is 7.24. The number of carbonyl (C=O) groups excluding carboxylic acids is 1. The van der Waals surface area contributed by atoms with Gasteiger partial charge < -0.3 is 9.64 Å². The van der Waals surface area contributed by atoms with Crippen LogP contribution in [0.3, 0.4) is 0 Å². The van der Waals surface area contributed by atoms with Crippen molar-refractivity contribution >= 4 is 17.6 Å². The molecule has 0 atom stereocenters. The third-order valence-corrected chi connectivity index (χ3v) is 3.25. The third kappa shape index (κ3) is 3.93. The highest BCUT2D eigenvalue weighted by atomic mass is 35.5. The van der Waals surface area contributed by atoms with E-state index in [-0.39, 0.29) is 26.5 Å². The molecule has 0 radical (unpaired) electrons. The van der Waals surface area contributed by atoms with E-state index in [1.54, 1.807) is 17.2 Å². The van der Waals surface area contributed by atoms with Gasteiger partial charge in [0.25, 0.3) is 0 Å². The summed E-state index contributed by atoms with van der Waals surface area (Å²) >= 11 is 6.01. The van der Waals surface area contributed by atoms with Gasteiger partial charge in [-0.15, -0.1) is 0 Å². The van der Waals surface area contributed by atoms with Gasteiger partial charge in [0.2, 0.25) is 0 Å². The molecule has 0 unspecified atom stereocenters. The molecule has 0 bridgehead atoms. The average Bonchev–Trinajstić information content (AvgIpc) is 2.80. The first-order valence-electron chi connectivity index (χ1n) is 5.89. The summed E-state index contributed by atoms with van der Waals surface area (Å²) in [4.78, 5) is 17.0. The van der Waals surface area contributed by atoms with Crippen LogP contribution in [0.15, 0.2) is 24.0 Å². The zero-order valence-corrected chi connectivity index (χ0v) is 11.3. The number of ether oxygens (including phenoxy) is 1. The summed E-state index contributed by atoms with van der Waals surface area (Å²) < 4.78 is 17.4. The quantitative estimate of drug-likeness (QED) is 0.784. The number of pyridine rings is 1. The van der Waals surface area contributed by atoms with Crippen LogP contribution in [0.2, 0.25) is 5.02 Å². The molecule has 0 spiro atoms. The molecule has 110 valence electrons. The molecule has 4 nitrogen and oxygen atoms in total. The number of rotatable bonds is 5. The van der Waals surface area contributed by atoms with E-state index >= 15 is 0 Å². The van der Waals surface area contributed by atoms with Crippen LogP contribution in [0.1, 0.15) is 18.7 Å². The number of nitrogens with zero attached hydrogens (tertiary/aromatic N) is 2. The van der Waals surface area contributed by atoms with E-state index in [1.165, 1.54) is 6.08 Å². The molecular weight excluding hydrogens is 283 g/mol. The molecule has 0 fully saturated rings. The second-order valence-corrected chi connectivity index (χ2v) is 4.67. The fourth-order valence-corrected chi connectivity index (χ4v) is 2.01. The summed E-state index contributed by atoms with van der Waals surface area (Å²) in [5.74, 6) is -0.390.